The van der Waals surface area contributed by atoms with Crippen molar-refractivity contribution in [2.75, 3.05) is 0 Å². The second-order valence-electron chi connectivity index (χ2n) is 2.58. The van der Waals surface area contributed by atoms with Crippen molar-refractivity contribution in [2.45, 2.75) is 0 Å². The van der Waals surface area contributed by atoms with Crippen LogP contribution in [0.2, 0.25) is 5.02 Å². The first kappa shape index (κ1) is 8.97. The van der Waals surface area contributed by atoms with E-state index in [9.17, 15) is 0 Å². The Labute approximate surface area is 86.3 Å². The van der Waals surface area contributed by atoms with Crippen molar-refractivity contribution >= 4 is 11.6 Å². The monoisotopic (exact) mass is 206 g/mol. The molecular formula is C10H7ClN2O. The first-order valence-corrected chi connectivity index (χ1v) is 4.42. The quantitative estimate of drug-likeness (QED) is 0.758. The van der Waals surface area contributed by atoms with Gasteiger partial charge in [-0.05, 0) is 12.1 Å². The molecule has 0 unspecified atom stereocenters. The van der Waals surface area contributed by atoms with Crippen molar-refractivity contribution < 1.29 is 4.74 Å². The fourth-order valence-electron chi connectivity index (χ4n) is 0.979. The number of benzene rings is 1. The highest BCUT2D eigenvalue weighted by Gasteiger charge is 2.01. The van der Waals surface area contributed by atoms with Crippen molar-refractivity contribution in [3.05, 3.63) is 47.9 Å². The number of para-hydroxylation sites is 1. The molecule has 0 spiro atoms. The van der Waals surface area contributed by atoms with Crippen LogP contribution in [0.15, 0.2) is 42.9 Å². The smallest absolute Gasteiger partial charge is 0.222 e. The standard InChI is InChI=1S/C10H7ClN2O/c11-8-3-1-2-4-9(8)14-10-5-6-12-7-13-10/h1-7H. The normalized spacial score (nSPS) is 9.79. The average molecular weight is 207 g/mol. The summed E-state index contributed by atoms with van der Waals surface area (Å²) in [5.74, 6) is 1.07. The van der Waals surface area contributed by atoms with Gasteiger partial charge in [0.05, 0.1) is 5.02 Å². The highest BCUT2D eigenvalue weighted by Crippen LogP contribution is 2.26. The Morgan fingerprint density at radius 2 is 2.00 bits per heavy atom. The molecule has 4 heteroatoms. The fourth-order valence-corrected chi connectivity index (χ4v) is 1.15. The minimum atomic E-state index is 0.480. The topological polar surface area (TPSA) is 35.0 Å². The van der Waals surface area contributed by atoms with E-state index in [2.05, 4.69) is 9.97 Å². The van der Waals surface area contributed by atoms with Gasteiger partial charge >= 0.3 is 0 Å². The molecule has 70 valence electrons. The first-order chi connectivity index (χ1) is 6.86. The Morgan fingerprint density at radius 1 is 1.14 bits per heavy atom. The average Bonchev–Trinajstić information content (AvgIpc) is 2.23. The van der Waals surface area contributed by atoms with Gasteiger partial charge < -0.3 is 4.74 Å². The van der Waals surface area contributed by atoms with Gasteiger partial charge in [-0.2, -0.15) is 0 Å². The minimum absolute atomic E-state index is 0.480. The number of hydrogen-bond donors (Lipinski definition) is 0. The maximum absolute atomic E-state index is 5.91. The maximum atomic E-state index is 5.91. The van der Waals surface area contributed by atoms with Crippen molar-refractivity contribution in [2.24, 2.45) is 0 Å². The Morgan fingerprint density at radius 3 is 2.71 bits per heavy atom. The molecule has 14 heavy (non-hydrogen) atoms. The SMILES string of the molecule is Clc1ccccc1Oc1ccncn1. The van der Waals surface area contributed by atoms with Gasteiger partial charge in [-0.3, -0.25) is 0 Å². The van der Waals surface area contributed by atoms with E-state index < -0.39 is 0 Å². The molecular weight excluding hydrogens is 200 g/mol. The summed E-state index contributed by atoms with van der Waals surface area (Å²) in [7, 11) is 0. The lowest BCUT2D eigenvalue weighted by atomic mass is 10.3. The zero-order valence-electron chi connectivity index (χ0n) is 7.22. The molecule has 0 amide bonds. The van der Waals surface area contributed by atoms with Crippen LogP contribution >= 0.6 is 11.6 Å². The van der Waals surface area contributed by atoms with Crippen LogP contribution in [0, 0.1) is 0 Å². The van der Waals surface area contributed by atoms with E-state index >= 15 is 0 Å². The van der Waals surface area contributed by atoms with Crippen molar-refractivity contribution in [1.29, 1.82) is 0 Å². The molecule has 2 aromatic rings. The zero-order valence-corrected chi connectivity index (χ0v) is 7.98. The molecule has 2 rings (SSSR count). The van der Waals surface area contributed by atoms with E-state index in [4.69, 9.17) is 16.3 Å². The predicted octanol–water partition coefficient (Wildman–Crippen LogP) is 2.92. The third kappa shape index (κ3) is 2.00. The van der Waals surface area contributed by atoms with Gasteiger partial charge in [-0.15, -0.1) is 0 Å². The molecule has 0 saturated carbocycles. The second-order valence-corrected chi connectivity index (χ2v) is 2.99. The molecule has 0 saturated heterocycles. The van der Waals surface area contributed by atoms with Crippen LogP contribution in [0.3, 0.4) is 0 Å². The number of nitrogens with zero attached hydrogens (tertiary/aromatic N) is 2. The van der Waals surface area contributed by atoms with E-state index in [1.165, 1.54) is 6.33 Å². The van der Waals surface area contributed by atoms with E-state index in [1.807, 2.05) is 12.1 Å². The van der Waals surface area contributed by atoms with Gasteiger partial charge in [0.15, 0.2) is 0 Å². The Bertz CT molecular complexity index is 419. The summed E-state index contributed by atoms with van der Waals surface area (Å²) in [5, 5.41) is 0.561. The van der Waals surface area contributed by atoms with Crippen LogP contribution in [0.4, 0.5) is 0 Å². The van der Waals surface area contributed by atoms with E-state index in [0.29, 0.717) is 16.7 Å². The Balaban J connectivity index is 2.24. The van der Waals surface area contributed by atoms with Gasteiger partial charge in [0.1, 0.15) is 12.1 Å². The summed E-state index contributed by atoms with van der Waals surface area (Å²) in [4.78, 5) is 7.71. The second kappa shape index (κ2) is 4.07. The summed E-state index contributed by atoms with van der Waals surface area (Å²) in [5.41, 5.74) is 0. The first-order valence-electron chi connectivity index (χ1n) is 4.04. The fraction of sp³-hybridized carbons (Fsp3) is 0. The summed E-state index contributed by atoms with van der Waals surface area (Å²) in [6.45, 7) is 0. The van der Waals surface area contributed by atoms with Crippen molar-refractivity contribution in [3.63, 3.8) is 0 Å². The molecule has 1 aromatic carbocycles. The number of halogens is 1. The molecule has 0 aliphatic rings. The predicted molar refractivity (Wildman–Crippen MR) is 53.6 cm³/mol. The van der Waals surface area contributed by atoms with Gasteiger partial charge in [0.2, 0.25) is 5.88 Å². The Hall–Kier alpha value is -1.61. The number of ether oxygens (including phenoxy) is 1. The zero-order chi connectivity index (χ0) is 9.80. The molecule has 0 atom stereocenters. The number of aromatic nitrogens is 2. The number of hydrogen-bond acceptors (Lipinski definition) is 3. The largest absolute Gasteiger partial charge is 0.437 e. The Kier molecular flexibility index (Phi) is 2.60. The molecule has 3 nitrogen and oxygen atoms in total. The van der Waals surface area contributed by atoms with Crippen LogP contribution < -0.4 is 4.74 Å². The van der Waals surface area contributed by atoms with E-state index in [-0.39, 0.29) is 0 Å². The number of rotatable bonds is 2. The lowest BCUT2D eigenvalue weighted by Crippen LogP contribution is -1.88. The van der Waals surface area contributed by atoms with Gasteiger partial charge in [0.25, 0.3) is 0 Å². The van der Waals surface area contributed by atoms with Crippen LogP contribution in [0.5, 0.6) is 11.6 Å². The maximum Gasteiger partial charge on any atom is 0.222 e. The minimum Gasteiger partial charge on any atom is -0.437 e. The molecule has 1 aromatic heterocycles. The molecule has 0 fully saturated rings. The molecule has 0 bridgehead atoms. The van der Waals surface area contributed by atoms with E-state index in [1.54, 1.807) is 24.4 Å². The lowest BCUT2D eigenvalue weighted by molar-refractivity contribution is 0.461. The van der Waals surface area contributed by atoms with E-state index in [0.717, 1.165) is 0 Å². The summed E-state index contributed by atoms with van der Waals surface area (Å²) in [6.07, 6.45) is 3.03. The molecule has 0 aliphatic carbocycles. The highest BCUT2D eigenvalue weighted by molar-refractivity contribution is 6.32. The summed E-state index contributed by atoms with van der Waals surface area (Å²) in [6, 6.07) is 8.91. The van der Waals surface area contributed by atoms with Gasteiger partial charge in [-0.25, -0.2) is 9.97 Å². The van der Waals surface area contributed by atoms with Crippen LogP contribution in [-0.4, -0.2) is 9.97 Å². The molecule has 0 radical (unpaired) electrons. The van der Waals surface area contributed by atoms with Crippen molar-refractivity contribution in [1.82, 2.24) is 9.97 Å². The molecule has 0 aliphatic heterocycles. The third-order valence-corrected chi connectivity index (χ3v) is 1.92. The van der Waals surface area contributed by atoms with Gasteiger partial charge in [-0.1, -0.05) is 23.7 Å². The highest BCUT2D eigenvalue weighted by atomic mass is 35.5. The lowest BCUT2D eigenvalue weighted by Gasteiger charge is -2.04. The van der Waals surface area contributed by atoms with Crippen molar-refractivity contribution in [3.8, 4) is 11.6 Å². The summed E-state index contributed by atoms with van der Waals surface area (Å²) < 4.78 is 5.43. The van der Waals surface area contributed by atoms with Crippen LogP contribution in [-0.2, 0) is 0 Å². The van der Waals surface area contributed by atoms with Gasteiger partial charge in [0, 0.05) is 12.3 Å². The third-order valence-electron chi connectivity index (χ3n) is 1.61. The molecule has 0 N–H and O–H groups in total. The summed E-state index contributed by atoms with van der Waals surface area (Å²) >= 11 is 5.91. The molecule has 1 heterocycles. The van der Waals surface area contributed by atoms with Crippen LogP contribution in [0.1, 0.15) is 0 Å². The van der Waals surface area contributed by atoms with Crippen LogP contribution in [0.25, 0.3) is 0 Å².